The zero-order valence-electron chi connectivity index (χ0n) is 36.8. The van der Waals surface area contributed by atoms with Gasteiger partial charge in [0, 0.05) is 27.8 Å². The van der Waals surface area contributed by atoms with E-state index in [1.165, 1.54) is 14.2 Å². The van der Waals surface area contributed by atoms with E-state index in [0.29, 0.717) is 31.7 Å². The maximum absolute atomic E-state index is 14.4. The first-order valence-corrected chi connectivity index (χ1v) is 20.7. The molecular formula is C43H73N5O9. The van der Waals surface area contributed by atoms with E-state index in [1.807, 2.05) is 48.6 Å². The molecule has 0 aromatic heterocycles. The van der Waals surface area contributed by atoms with Crippen molar-refractivity contribution in [2.24, 2.45) is 29.6 Å². The second-order valence-corrected chi connectivity index (χ2v) is 16.8. The highest BCUT2D eigenvalue weighted by Gasteiger charge is 2.43. The van der Waals surface area contributed by atoms with Crippen LogP contribution in [0.5, 0.6) is 5.75 Å². The number of ether oxygens (including phenoxy) is 3. The number of methoxy groups -OCH3 is 2. The number of carbonyl (C=O) groups is 5. The van der Waals surface area contributed by atoms with Crippen LogP contribution in [0.15, 0.2) is 30.3 Å². The summed E-state index contributed by atoms with van der Waals surface area (Å²) in [5.41, 5.74) is 0. The van der Waals surface area contributed by atoms with E-state index in [2.05, 4.69) is 29.4 Å². The Morgan fingerprint density at radius 2 is 1.53 bits per heavy atom. The smallest absolute Gasteiger partial charge is 0.366 e. The van der Waals surface area contributed by atoms with Gasteiger partial charge >= 0.3 is 5.97 Å². The number of likely N-dealkylation sites (tertiary alicyclic amines) is 1. The molecule has 4 amide bonds. The Bertz CT molecular complexity index is 1430. The van der Waals surface area contributed by atoms with Gasteiger partial charge in [-0.2, -0.15) is 0 Å². The van der Waals surface area contributed by atoms with E-state index >= 15 is 0 Å². The van der Waals surface area contributed by atoms with Gasteiger partial charge in [-0.15, -0.1) is 0 Å². The molecule has 9 atom stereocenters. The van der Waals surface area contributed by atoms with Crippen LogP contribution in [-0.2, 0) is 33.4 Å². The van der Waals surface area contributed by atoms with Crippen molar-refractivity contribution in [3.8, 4) is 5.75 Å². The number of nitrogens with zero attached hydrogens (tertiary/aromatic N) is 3. The highest BCUT2D eigenvalue weighted by atomic mass is 16.5. The van der Waals surface area contributed by atoms with Crippen LogP contribution in [0.25, 0.3) is 0 Å². The molecule has 0 unspecified atom stereocenters. The van der Waals surface area contributed by atoms with Crippen molar-refractivity contribution in [3.05, 3.63) is 30.3 Å². The second-order valence-electron chi connectivity index (χ2n) is 16.8. The minimum absolute atomic E-state index is 0.0272. The Kier molecular flexibility index (Phi) is 20.5. The summed E-state index contributed by atoms with van der Waals surface area (Å²) in [5, 5.41) is 15.4. The second kappa shape index (κ2) is 23.6. The van der Waals surface area contributed by atoms with Crippen LogP contribution in [-0.4, -0.2) is 133 Å². The van der Waals surface area contributed by atoms with Gasteiger partial charge in [-0.05, 0) is 68.7 Å². The number of hydrogen-bond acceptors (Lipinski definition) is 9. The van der Waals surface area contributed by atoms with E-state index in [1.54, 1.807) is 54.1 Å². The predicted molar refractivity (Wildman–Crippen MR) is 220 cm³/mol. The fourth-order valence-electron chi connectivity index (χ4n) is 7.93. The summed E-state index contributed by atoms with van der Waals surface area (Å²) in [4.78, 5) is 73.4. The monoisotopic (exact) mass is 804 g/mol. The number of amides is 4. The zero-order chi connectivity index (χ0) is 43.1. The predicted octanol–water partition coefficient (Wildman–Crippen LogP) is 4.66. The molecule has 1 aliphatic heterocycles. The van der Waals surface area contributed by atoms with E-state index < -0.39 is 60.4 Å². The van der Waals surface area contributed by atoms with E-state index in [9.17, 15) is 29.1 Å². The van der Waals surface area contributed by atoms with Crippen molar-refractivity contribution in [1.82, 2.24) is 25.3 Å². The number of rotatable bonds is 24. The third-order valence-electron chi connectivity index (χ3n) is 11.4. The zero-order valence-corrected chi connectivity index (χ0v) is 36.8. The fraction of sp³-hybridized carbons (Fsp3) is 0.744. The average molecular weight is 804 g/mol. The molecule has 14 heteroatoms. The number of benzene rings is 1. The Morgan fingerprint density at radius 1 is 0.895 bits per heavy atom. The highest BCUT2D eigenvalue weighted by Crippen LogP contribution is 2.30. The van der Waals surface area contributed by atoms with Crippen molar-refractivity contribution < 1.29 is 43.3 Å². The van der Waals surface area contributed by atoms with Gasteiger partial charge in [0.1, 0.15) is 11.8 Å². The molecule has 0 saturated carbocycles. The number of para-hydroxylation sites is 1. The number of carboxylic acid groups (broad SMARTS) is 1. The van der Waals surface area contributed by atoms with E-state index in [0.717, 1.165) is 13.0 Å². The summed E-state index contributed by atoms with van der Waals surface area (Å²) in [5.74, 6) is -2.89. The third kappa shape index (κ3) is 14.0. The lowest BCUT2D eigenvalue weighted by Gasteiger charge is -2.41. The molecule has 0 bridgehead atoms. The molecule has 1 aromatic rings. The van der Waals surface area contributed by atoms with Gasteiger partial charge in [-0.1, -0.05) is 86.9 Å². The fourth-order valence-corrected chi connectivity index (χ4v) is 7.93. The molecule has 3 N–H and O–H groups in total. The first-order chi connectivity index (χ1) is 26.8. The van der Waals surface area contributed by atoms with Crippen LogP contribution in [0, 0.1) is 29.6 Å². The van der Waals surface area contributed by atoms with Crippen molar-refractivity contribution in [1.29, 1.82) is 0 Å². The van der Waals surface area contributed by atoms with Crippen LogP contribution in [0.2, 0.25) is 0 Å². The molecular weight excluding hydrogens is 730 g/mol. The van der Waals surface area contributed by atoms with Crippen LogP contribution in [0.3, 0.4) is 0 Å². The third-order valence-corrected chi connectivity index (χ3v) is 11.4. The van der Waals surface area contributed by atoms with Crippen LogP contribution < -0.4 is 15.4 Å². The largest absolute Gasteiger partial charge is 0.477 e. The lowest BCUT2D eigenvalue weighted by atomic mass is 9.89. The SMILES string of the molecule is CC[C@H](C)[C@@H]([C@@H](CC(=O)N1CCC[C@H]1[C@H](OC)[C@@H](C)C(=O)N[C@@H](Oc1ccccc1)C(=O)O)OC)N(C)C(=O)[C@@H](NC(=O)[C@H](C(C)C)N(C)CCC(C)C)C(C)C. The lowest BCUT2D eigenvalue weighted by Crippen LogP contribution is -2.60. The standard InChI is InChI=1S/C43H73N5O9/c1-14-29(8)37(47(11)42(52)35(27(4)5)44-40(51)36(28(6)7)46(10)24-22-26(2)3)33(55-12)25-34(49)48-23-18-21-32(48)38(56-13)30(9)39(50)45-41(43(53)54)57-31-19-16-15-17-20-31/h15-17,19-20,26-30,32-33,35-38,41H,14,18,21-25H2,1-13H3,(H,44,51)(H,45,50)(H,53,54)/t29-,30+,32-,33+,35-,36-,37-,38+,41-/m0/s1. The molecule has 1 heterocycles. The first kappa shape index (κ1) is 49.4. The summed E-state index contributed by atoms with van der Waals surface area (Å²) in [6.45, 7) is 19.1. The molecule has 1 aromatic carbocycles. The Labute approximate surface area is 341 Å². The summed E-state index contributed by atoms with van der Waals surface area (Å²) >= 11 is 0. The first-order valence-electron chi connectivity index (χ1n) is 20.7. The van der Waals surface area contributed by atoms with Crippen molar-refractivity contribution >= 4 is 29.6 Å². The number of carbonyl (C=O) groups excluding carboxylic acids is 4. The minimum Gasteiger partial charge on any atom is -0.477 e. The van der Waals surface area contributed by atoms with Crippen molar-refractivity contribution in [2.75, 3.05) is 41.4 Å². The van der Waals surface area contributed by atoms with Gasteiger partial charge in [0.15, 0.2) is 0 Å². The van der Waals surface area contributed by atoms with E-state index in [4.69, 9.17) is 14.2 Å². The Balaban J connectivity index is 2.28. The minimum atomic E-state index is -1.63. The molecule has 14 nitrogen and oxygen atoms in total. The number of hydrogen-bond donors (Lipinski definition) is 3. The Hall–Kier alpha value is -3.75. The van der Waals surface area contributed by atoms with E-state index in [-0.39, 0.29) is 47.6 Å². The molecule has 2 rings (SSSR count). The average Bonchev–Trinajstić information content (AvgIpc) is 3.65. The molecule has 0 radical (unpaired) electrons. The summed E-state index contributed by atoms with van der Waals surface area (Å²) in [6.07, 6.45) is -0.153. The molecule has 324 valence electrons. The lowest BCUT2D eigenvalue weighted by molar-refractivity contribution is -0.152. The van der Waals surface area contributed by atoms with Crippen LogP contribution >= 0.6 is 0 Å². The Morgan fingerprint density at radius 3 is 2.04 bits per heavy atom. The number of carboxylic acids is 1. The van der Waals surface area contributed by atoms with Gasteiger partial charge in [-0.3, -0.25) is 24.1 Å². The summed E-state index contributed by atoms with van der Waals surface area (Å²) in [7, 11) is 6.68. The van der Waals surface area contributed by atoms with Gasteiger partial charge in [-0.25, -0.2) is 4.79 Å². The van der Waals surface area contributed by atoms with Crippen LogP contribution in [0.4, 0.5) is 0 Å². The number of nitrogens with one attached hydrogen (secondary N) is 2. The normalized spacial score (nSPS) is 18.8. The van der Waals surface area contributed by atoms with Gasteiger partial charge in [0.2, 0.25) is 23.6 Å². The quantitative estimate of drug-likeness (QED) is 0.125. The maximum Gasteiger partial charge on any atom is 0.366 e. The summed E-state index contributed by atoms with van der Waals surface area (Å²) in [6, 6.07) is 6.18. The topological polar surface area (TPSA) is 167 Å². The van der Waals surface area contributed by atoms with Gasteiger partial charge in [0.25, 0.3) is 6.23 Å². The molecule has 0 aliphatic carbocycles. The molecule has 1 aliphatic rings. The van der Waals surface area contributed by atoms with Crippen molar-refractivity contribution in [2.45, 2.75) is 137 Å². The van der Waals surface area contributed by atoms with Gasteiger partial charge < -0.3 is 39.8 Å². The molecule has 57 heavy (non-hydrogen) atoms. The molecule has 1 saturated heterocycles. The van der Waals surface area contributed by atoms with Crippen molar-refractivity contribution in [3.63, 3.8) is 0 Å². The van der Waals surface area contributed by atoms with Crippen LogP contribution in [0.1, 0.15) is 94.4 Å². The van der Waals surface area contributed by atoms with Gasteiger partial charge in [0.05, 0.1) is 42.7 Å². The number of aliphatic carboxylic acids is 1. The number of likely N-dealkylation sites (N-methyl/N-ethyl adjacent to an activating group) is 2. The maximum atomic E-state index is 14.4. The highest BCUT2D eigenvalue weighted by molar-refractivity contribution is 5.90. The summed E-state index contributed by atoms with van der Waals surface area (Å²) < 4.78 is 17.4. The molecule has 0 spiro atoms. The molecule has 1 fully saturated rings.